The first kappa shape index (κ1) is 24.8. The van der Waals surface area contributed by atoms with E-state index < -0.39 is 11.2 Å². The number of aryl methyl sites for hydroxylation is 3. The van der Waals surface area contributed by atoms with Crippen LogP contribution in [0.5, 0.6) is 0 Å². The van der Waals surface area contributed by atoms with E-state index in [-0.39, 0.29) is 42.7 Å². The molecule has 0 bridgehead atoms. The molecule has 0 aliphatic heterocycles. The highest BCUT2D eigenvalue weighted by Crippen LogP contribution is 2.12. The third-order valence-corrected chi connectivity index (χ3v) is 5.71. The molecule has 1 N–H and O–H groups in total. The van der Waals surface area contributed by atoms with Crippen molar-refractivity contribution in [3.8, 4) is 17.2 Å². The van der Waals surface area contributed by atoms with E-state index in [2.05, 4.69) is 32.7 Å². The summed E-state index contributed by atoms with van der Waals surface area (Å²) in [5, 5.41) is 11.0. The van der Waals surface area contributed by atoms with Crippen molar-refractivity contribution in [1.29, 1.82) is 0 Å². The molecule has 0 fully saturated rings. The zero-order valence-electron chi connectivity index (χ0n) is 20.3. The Kier molecular flexibility index (Phi) is 7.84. The highest BCUT2D eigenvalue weighted by atomic mass is 16.5. The molecule has 0 aliphatic carbocycles. The van der Waals surface area contributed by atoms with E-state index in [9.17, 15) is 14.4 Å². The fraction of sp³-hybridized carbons (Fsp3) is 0.308. The molecule has 0 radical (unpaired) electrons. The van der Waals surface area contributed by atoms with E-state index in [0.29, 0.717) is 12.2 Å². The van der Waals surface area contributed by atoms with Crippen molar-refractivity contribution in [2.75, 3.05) is 6.54 Å². The van der Waals surface area contributed by atoms with Gasteiger partial charge in [0.15, 0.2) is 5.69 Å². The lowest BCUT2D eigenvalue weighted by atomic mass is 10.1. The number of carbonyl (C=O) groups is 1. The molecular weight excluding hydrogens is 460 g/mol. The van der Waals surface area contributed by atoms with Gasteiger partial charge in [0.25, 0.3) is 5.56 Å². The number of rotatable bonds is 10. The second-order valence-corrected chi connectivity index (χ2v) is 8.38. The third-order valence-electron chi connectivity index (χ3n) is 5.71. The van der Waals surface area contributed by atoms with Crippen LogP contribution in [-0.2, 0) is 24.2 Å². The fourth-order valence-corrected chi connectivity index (χ4v) is 3.71. The van der Waals surface area contributed by atoms with Crippen LogP contribution in [0.4, 0.5) is 0 Å². The molecule has 186 valence electrons. The average Bonchev–Trinajstić information content (AvgIpc) is 3.36. The van der Waals surface area contributed by atoms with Crippen molar-refractivity contribution in [2.45, 2.75) is 46.1 Å². The van der Waals surface area contributed by atoms with Gasteiger partial charge in [-0.15, -0.1) is 0 Å². The largest absolute Gasteiger partial charge is 0.356 e. The molecule has 10 heteroatoms. The smallest absolute Gasteiger partial charge is 0.352 e. The molecule has 1 amide bonds. The Balaban J connectivity index is 1.42. The molecule has 0 spiro atoms. The van der Waals surface area contributed by atoms with Crippen LogP contribution < -0.4 is 16.6 Å². The summed E-state index contributed by atoms with van der Waals surface area (Å²) in [7, 11) is 0. The minimum atomic E-state index is -0.602. The molecule has 0 atom stereocenters. The quantitative estimate of drug-likeness (QED) is 0.340. The third kappa shape index (κ3) is 5.83. The standard InChI is InChI=1S/C26H28N6O4/c1-3-31-25(34)23(29-32(26(31)35)20-13-11-18(2)12-14-20)24-28-22(36-30-24)16-15-21(33)27-17-7-10-19-8-5-4-6-9-19/h4-6,8-9,11-14H,3,7,10,15-17H2,1-2H3,(H,27,33). The molecule has 10 nitrogen and oxygen atoms in total. The number of benzene rings is 2. The van der Waals surface area contributed by atoms with Crippen molar-refractivity contribution >= 4 is 5.91 Å². The summed E-state index contributed by atoms with van der Waals surface area (Å²) in [5.41, 5.74) is 1.52. The van der Waals surface area contributed by atoms with Gasteiger partial charge in [0.1, 0.15) is 0 Å². The van der Waals surface area contributed by atoms with Gasteiger partial charge in [0, 0.05) is 25.9 Å². The molecule has 2 aromatic carbocycles. The molecule has 2 heterocycles. The maximum atomic E-state index is 12.9. The SMILES string of the molecule is CCn1c(=O)c(-c2noc(CCC(=O)NCCCc3ccccc3)n2)nn(-c2ccc(C)cc2)c1=O. The van der Waals surface area contributed by atoms with Gasteiger partial charge in [-0.05, 0) is 44.4 Å². The van der Waals surface area contributed by atoms with E-state index in [4.69, 9.17) is 4.52 Å². The fourth-order valence-electron chi connectivity index (χ4n) is 3.71. The van der Waals surface area contributed by atoms with Crippen molar-refractivity contribution in [3.05, 3.63) is 92.5 Å². The van der Waals surface area contributed by atoms with E-state index >= 15 is 0 Å². The number of hydrogen-bond donors (Lipinski definition) is 1. The zero-order chi connectivity index (χ0) is 25.5. The van der Waals surface area contributed by atoms with Crippen LogP contribution in [0.2, 0.25) is 0 Å². The lowest BCUT2D eigenvalue weighted by Crippen LogP contribution is -2.41. The zero-order valence-corrected chi connectivity index (χ0v) is 20.3. The molecule has 0 saturated carbocycles. The van der Waals surface area contributed by atoms with E-state index in [1.54, 1.807) is 19.1 Å². The number of nitrogens with zero attached hydrogens (tertiary/aromatic N) is 5. The van der Waals surface area contributed by atoms with Crippen LogP contribution in [0.1, 0.15) is 36.8 Å². The summed E-state index contributed by atoms with van der Waals surface area (Å²) < 4.78 is 7.48. The predicted molar refractivity (Wildman–Crippen MR) is 134 cm³/mol. The number of carbonyl (C=O) groups excluding carboxylic acids is 1. The summed E-state index contributed by atoms with van der Waals surface area (Å²) in [4.78, 5) is 42.2. The second kappa shape index (κ2) is 11.4. The molecule has 0 aliphatic rings. The Morgan fingerprint density at radius 3 is 2.50 bits per heavy atom. The van der Waals surface area contributed by atoms with Gasteiger partial charge >= 0.3 is 5.69 Å². The van der Waals surface area contributed by atoms with Crippen molar-refractivity contribution in [1.82, 2.24) is 29.8 Å². The van der Waals surface area contributed by atoms with Gasteiger partial charge in [-0.3, -0.25) is 14.2 Å². The van der Waals surface area contributed by atoms with Crippen LogP contribution in [0.25, 0.3) is 17.2 Å². The van der Waals surface area contributed by atoms with Gasteiger partial charge in [-0.25, -0.2) is 4.79 Å². The molecular formula is C26H28N6O4. The summed E-state index contributed by atoms with van der Waals surface area (Å²) in [6.45, 7) is 4.37. The molecule has 0 saturated heterocycles. The average molecular weight is 489 g/mol. The van der Waals surface area contributed by atoms with Gasteiger partial charge in [0.05, 0.1) is 5.69 Å². The first-order chi connectivity index (χ1) is 17.5. The molecule has 2 aromatic heterocycles. The van der Waals surface area contributed by atoms with E-state index in [1.807, 2.05) is 37.3 Å². The molecule has 4 rings (SSSR count). The lowest BCUT2D eigenvalue weighted by molar-refractivity contribution is -0.121. The Morgan fingerprint density at radius 2 is 1.78 bits per heavy atom. The van der Waals surface area contributed by atoms with Crippen molar-refractivity contribution < 1.29 is 9.32 Å². The van der Waals surface area contributed by atoms with E-state index in [1.165, 1.54) is 5.56 Å². The van der Waals surface area contributed by atoms with Gasteiger partial charge in [-0.1, -0.05) is 53.2 Å². The minimum absolute atomic E-state index is 0.0265. The topological polar surface area (TPSA) is 125 Å². The second-order valence-electron chi connectivity index (χ2n) is 8.38. The molecule has 4 aromatic rings. The van der Waals surface area contributed by atoms with Crippen LogP contribution in [0.3, 0.4) is 0 Å². The molecule has 0 unspecified atom stereocenters. The molecule has 36 heavy (non-hydrogen) atoms. The Morgan fingerprint density at radius 1 is 1.03 bits per heavy atom. The van der Waals surface area contributed by atoms with Crippen LogP contribution in [0, 0.1) is 6.92 Å². The minimum Gasteiger partial charge on any atom is -0.356 e. The Labute approximate surface area is 207 Å². The maximum absolute atomic E-state index is 12.9. The van der Waals surface area contributed by atoms with Crippen molar-refractivity contribution in [3.63, 3.8) is 0 Å². The van der Waals surface area contributed by atoms with Crippen LogP contribution >= 0.6 is 0 Å². The summed E-state index contributed by atoms with van der Waals surface area (Å²) >= 11 is 0. The summed E-state index contributed by atoms with van der Waals surface area (Å²) in [6.07, 6.45) is 2.12. The highest BCUT2D eigenvalue weighted by Gasteiger charge is 2.20. The monoisotopic (exact) mass is 488 g/mol. The van der Waals surface area contributed by atoms with Gasteiger partial charge in [-0.2, -0.15) is 14.8 Å². The normalized spacial score (nSPS) is 10.9. The first-order valence-electron chi connectivity index (χ1n) is 11.9. The Hall–Kier alpha value is -4.34. The van der Waals surface area contributed by atoms with Gasteiger partial charge in [0.2, 0.25) is 17.6 Å². The predicted octanol–water partition coefficient (Wildman–Crippen LogP) is 2.45. The van der Waals surface area contributed by atoms with E-state index in [0.717, 1.165) is 27.7 Å². The Bertz CT molecular complexity index is 1440. The van der Waals surface area contributed by atoms with Gasteiger partial charge < -0.3 is 9.84 Å². The summed E-state index contributed by atoms with van der Waals surface area (Å²) in [6, 6.07) is 17.3. The number of nitrogens with one attached hydrogen (secondary N) is 1. The summed E-state index contributed by atoms with van der Waals surface area (Å²) in [5.74, 6) is 0.0605. The maximum Gasteiger partial charge on any atom is 0.352 e. The van der Waals surface area contributed by atoms with Crippen molar-refractivity contribution in [2.24, 2.45) is 0 Å². The van der Waals surface area contributed by atoms with Crippen LogP contribution in [-0.4, -0.2) is 36.9 Å². The number of amides is 1. The lowest BCUT2D eigenvalue weighted by Gasteiger charge is -2.09. The number of aromatic nitrogens is 5. The van der Waals surface area contributed by atoms with Crippen LogP contribution in [0.15, 0.2) is 68.7 Å². The highest BCUT2D eigenvalue weighted by molar-refractivity contribution is 5.75. The number of hydrogen-bond acceptors (Lipinski definition) is 7. The first-order valence-corrected chi connectivity index (χ1v) is 11.9.